The summed E-state index contributed by atoms with van der Waals surface area (Å²) in [6.45, 7) is 5.10. The highest BCUT2D eigenvalue weighted by Gasteiger charge is 2.15. The molecule has 1 heterocycles. The fraction of sp³-hybridized carbons (Fsp3) is 0.727. The SMILES string of the molecule is CCOCCC(O)Cc1c(C)nn(C)c1Cl. The summed E-state index contributed by atoms with van der Waals surface area (Å²) in [5.74, 6) is 0. The van der Waals surface area contributed by atoms with Gasteiger partial charge in [-0.2, -0.15) is 5.10 Å². The first-order valence-electron chi connectivity index (χ1n) is 5.50. The van der Waals surface area contributed by atoms with Crippen LogP contribution in [0.4, 0.5) is 0 Å². The van der Waals surface area contributed by atoms with Gasteiger partial charge >= 0.3 is 0 Å². The van der Waals surface area contributed by atoms with Crippen LogP contribution in [0.5, 0.6) is 0 Å². The number of aryl methyl sites for hydroxylation is 2. The van der Waals surface area contributed by atoms with Gasteiger partial charge in [-0.25, -0.2) is 0 Å². The summed E-state index contributed by atoms with van der Waals surface area (Å²) in [6.07, 6.45) is 0.733. The molecule has 92 valence electrons. The number of ether oxygens (including phenoxy) is 1. The molecule has 0 aromatic carbocycles. The zero-order chi connectivity index (χ0) is 12.1. The Kier molecular flexibility index (Phi) is 5.25. The van der Waals surface area contributed by atoms with Crippen molar-refractivity contribution in [1.82, 2.24) is 9.78 Å². The summed E-state index contributed by atoms with van der Waals surface area (Å²) in [5, 5.41) is 14.6. The molecule has 1 N–H and O–H groups in total. The minimum Gasteiger partial charge on any atom is -0.393 e. The molecule has 0 radical (unpaired) electrons. The average molecular weight is 247 g/mol. The molecule has 1 atom stereocenters. The van der Waals surface area contributed by atoms with E-state index in [1.807, 2.05) is 13.8 Å². The van der Waals surface area contributed by atoms with Crippen LogP contribution in [0.3, 0.4) is 0 Å². The Morgan fingerprint density at radius 2 is 2.25 bits per heavy atom. The molecule has 1 aromatic heterocycles. The van der Waals surface area contributed by atoms with Crippen molar-refractivity contribution in [1.29, 1.82) is 0 Å². The van der Waals surface area contributed by atoms with Crippen LogP contribution in [-0.4, -0.2) is 34.2 Å². The van der Waals surface area contributed by atoms with Gasteiger partial charge < -0.3 is 9.84 Å². The number of hydrogen-bond donors (Lipinski definition) is 1. The van der Waals surface area contributed by atoms with Crippen molar-refractivity contribution < 1.29 is 9.84 Å². The molecule has 0 saturated heterocycles. The highest BCUT2D eigenvalue weighted by Crippen LogP contribution is 2.20. The monoisotopic (exact) mass is 246 g/mol. The third-order valence-corrected chi connectivity index (χ3v) is 2.98. The van der Waals surface area contributed by atoms with E-state index in [1.54, 1.807) is 11.7 Å². The molecule has 0 amide bonds. The quantitative estimate of drug-likeness (QED) is 0.778. The van der Waals surface area contributed by atoms with E-state index in [9.17, 15) is 5.11 Å². The number of halogens is 1. The zero-order valence-corrected chi connectivity index (χ0v) is 10.8. The van der Waals surface area contributed by atoms with Crippen LogP contribution >= 0.6 is 11.6 Å². The molecular formula is C11H19ClN2O2. The Labute approximate surface area is 101 Å². The fourth-order valence-electron chi connectivity index (χ4n) is 1.61. The Morgan fingerprint density at radius 1 is 1.56 bits per heavy atom. The fourth-order valence-corrected chi connectivity index (χ4v) is 1.86. The molecule has 1 rings (SSSR count). The van der Waals surface area contributed by atoms with Crippen LogP contribution in [-0.2, 0) is 18.2 Å². The first-order chi connectivity index (χ1) is 7.56. The number of nitrogens with zero attached hydrogens (tertiary/aromatic N) is 2. The second-order valence-electron chi connectivity index (χ2n) is 3.82. The third kappa shape index (κ3) is 3.47. The lowest BCUT2D eigenvalue weighted by atomic mass is 10.1. The number of hydrogen-bond acceptors (Lipinski definition) is 3. The summed E-state index contributed by atoms with van der Waals surface area (Å²) in [6, 6.07) is 0. The van der Waals surface area contributed by atoms with Crippen molar-refractivity contribution in [2.24, 2.45) is 7.05 Å². The molecule has 1 aromatic rings. The molecule has 0 aliphatic rings. The Hall–Kier alpha value is -0.580. The van der Waals surface area contributed by atoms with Gasteiger partial charge in [-0.3, -0.25) is 4.68 Å². The van der Waals surface area contributed by atoms with Crippen molar-refractivity contribution >= 4 is 11.6 Å². The van der Waals surface area contributed by atoms with Gasteiger partial charge in [0.25, 0.3) is 0 Å². The largest absolute Gasteiger partial charge is 0.393 e. The van der Waals surface area contributed by atoms with E-state index in [-0.39, 0.29) is 0 Å². The number of aromatic nitrogens is 2. The molecule has 0 spiro atoms. The summed E-state index contributed by atoms with van der Waals surface area (Å²) in [4.78, 5) is 0. The molecule has 0 fully saturated rings. The molecule has 4 nitrogen and oxygen atoms in total. The lowest BCUT2D eigenvalue weighted by molar-refractivity contribution is 0.0886. The van der Waals surface area contributed by atoms with E-state index >= 15 is 0 Å². The summed E-state index contributed by atoms with van der Waals surface area (Å²) < 4.78 is 6.82. The number of aliphatic hydroxyl groups excluding tert-OH is 1. The Morgan fingerprint density at radius 3 is 2.75 bits per heavy atom. The van der Waals surface area contributed by atoms with Gasteiger partial charge in [0.15, 0.2) is 0 Å². The summed E-state index contributed by atoms with van der Waals surface area (Å²) in [5.41, 5.74) is 1.80. The molecule has 0 saturated carbocycles. The maximum absolute atomic E-state index is 9.81. The van der Waals surface area contributed by atoms with Gasteiger partial charge in [-0.1, -0.05) is 11.6 Å². The van der Waals surface area contributed by atoms with Crippen molar-refractivity contribution in [2.45, 2.75) is 32.8 Å². The second-order valence-corrected chi connectivity index (χ2v) is 4.18. The van der Waals surface area contributed by atoms with Crippen LogP contribution in [0.2, 0.25) is 5.15 Å². The van der Waals surface area contributed by atoms with Gasteiger partial charge in [-0.15, -0.1) is 0 Å². The minimum absolute atomic E-state index is 0.424. The molecule has 16 heavy (non-hydrogen) atoms. The van der Waals surface area contributed by atoms with Gasteiger partial charge in [0.1, 0.15) is 5.15 Å². The van der Waals surface area contributed by atoms with Gasteiger partial charge in [0.2, 0.25) is 0 Å². The normalized spacial score (nSPS) is 13.1. The molecule has 1 unspecified atom stereocenters. The smallest absolute Gasteiger partial charge is 0.130 e. The van der Waals surface area contributed by atoms with Crippen molar-refractivity contribution in [2.75, 3.05) is 13.2 Å². The van der Waals surface area contributed by atoms with E-state index in [0.29, 0.717) is 31.2 Å². The van der Waals surface area contributed by atoms with Gasteiger partial charge in [0.05, 0.1) is 11.8 Å². The first kappa shape index (κ1) is 13.5. The zero-order valence-electron chi connectivity index (χ0n) is 10.0. The van der Waals surface area contributed by atoms with Crippen LogP contribution in [0.15, 0.2) is 0 Å². The molecule has 0 aliphatic carbocycles. The minimum atomic E-state index is -0.424. The summed E-state index contributed by atoms with van der Waals surface area (Å²) >= 11 is 6.08. The molecule has 5 heteroatoms. The maximum Gasteiger partial charge on any atom is 0.130 e. The standard InChI is InChI=1S/C11H19ClN2O2/c1-4-16-6-5-9(15)7-10-8(2)13-14(3)11(10)12/h9,15H,4-7H2,1-3H3. The third-order valence-electron chi connectivity index (χ3n) is 2.51. The Bertz CT molecular complexity index is 339. The first-order valence-corrected chi connectivity index (χ1v) is 5.87. The Balaban J connectivity index is 2.52. The highest BCUT2D eigenvalue weighted by molar-refractivity contribution is 6.30. The van der Waals surface area contributed by atoms with Crippen LogP contribution in [0.25, 0.3) is 0 Å². The molecule has 0 aliphatic heterocycles. The van der Waals surface area contributed by atoms with Crippen molar-refractivity contribution in [3.63, 3.8) is 0 Å². The predicted molar refractivity (Wildman–Crippen MR) is 63.8 cm³/mol. The lowest BCUT2D eigenvalue weighted by Crippen LogP contribution is -2.14. The average Bonchev–Trinajstić information content (AvgIpc) is 2.46. The van der Waals surface area contributed by atoms with Crippen molar-refractivity contribution in [3.05, 3.63) is 16.4 Å². The van der Waals surface area contributed by atoms with E-state index in [2.05, 4.69) is 5.10 Å². The topological polar surface area (TPSA) is 47.3 Å². The maximum atomic E-state index is 9.81. The predicted octanol–water partition coefficient (Wildman–Crippen LogP) is 1.71. The van der Waals surface area contributed by atoms with E-state index in [0.717, 1.165) is 11.3 Å². The van der Waals surface area contributed by atoms with E-state index in [4.69, 9.17) is 16.3 Å². The van der Waals surface area contributed by atoms with E-state index in [1.165, 1.54) is 0 Å². The molecular weight excluding hydrogens is 228 g/mol. The van der Waals surface area contributed by atoms with Crippen LogP contribution in [0.1, 0.15) is 24.6 Å². The van der Waals surface area contributed by atoms with Crippen LogP contribution < -0.4 is 0 Å². The van der Waals surface area contributed by atoms with Crippen LogP contribution in [0, 0.1) is 6.92 Å². The molecule has 0 bridgehead atoms. The van der Waals surface area contributed by atoms with Gasteiger partial charge in [0, 0.05) is 32.2 Å². The van der Waals surface area contributed by atoms with Gasteiger partial charge in [-0.05, 0) is 20.3 Å². The van der Waals surface area contributed by atoms with Crippen molar-refractivity contribution in [3.8, 4) is 0 Å². The summed E-state index contributed by atoms with van der Waals surface area (Å²) in [7, 11) is 1.80. The number of aliphatic hydroxyl groups is 1. The highest BCUT2D eigenvalue weighted by atomic mass is 35.5. The number of rotatable bonds is 6. The second kappa shape index (κ2) is 6.23. The van der Waals surface area contributed by atoms with E-state index < -0.39 is 6.10 Å². The lowest BCUT2D eigenvalue weighted by Gasteiger charge is -2.10.